The predicted octanol–water partition coefficient (Wildman–Crippen LogP) is 2.77. The van der Waals surface area contributed by atoms with E-state index in [1.807, 2.05) is 0 Å². The summed E-state index contributed by atoms with van der Waals surface area (Å²) < 4.78 is 57.2. The third-order valence-corrected chi connectivity index (χ3v) is 6.01. The van der Waals surface area contributed by atoms with Crippen molar-refractivity contribution in [1.29, 1.82) is 0 Å². The maximum atomic E-state index is 12.4. The number of benzene rings is 2. The molecule has 2 aromatic rings. The van der Waals surface area contributed by atoms with Crippen LogP contribution in [0.4, 0.5) is 0 Å². The van der Waals surface area contributed by atoms with Gasteiger partial charge in [0.15, 0.2) is 0 Å². The molecule has 26 heavy (non-hydrogen) atoms. The average Bonchev–Trinajstić information content (AvgIpc) is 2.64. The zero-order chi connectivity index (χ0) is 18.6. The highest BCUT2D eigenvalue weighted by molar-refractivity contribution is 7.91. The lowest BCUT2D eigenvalue weighted by atomic mass is 10.1. The van der Waals surface area contributed by atoms with E-state index < -0.39 is 20.0 Å². The van der Waals surface area contributed by atoms with Crippen LogP contribution in [-0.4, -0.2) is 28.3 Å². The molecule has 0 spiro atoms. The Hall–Kier alpha value is -2.84. The van der Waals surface area contributed by atoms with E-state index in [1.165, 1.54) is 36.4 Å². The lowest BCUT2D eigenvalue weighted by Crippen LogP contribution is -2.16. The van der Waals surface area contributed by atoms with Crippen LogP contribution in [0.25, 0.3) is 0 Å². The molecule has 0 N–H and O–H groups in total. The second-order valence-electron chi connectivity index (χ2n) is 5.25. The fourth-order valence-electron chi connectivity index (χ4n) is 2.17. The van der Waals surface area contributed by atoms with Gasteiger partial charge in [0.2, 0.25) is 0 Å². The van der Waals surface area contributed by atoms with Crippen LogP contribution in [0.15, 0.2) is 104 Å². The second kappa shape index (κ2) is 7.19. The van der Waals surface area contributed by atoms with Gasteiger partial charge < -0.3 is 0 Å². The lowest BCUT2D eigenvalue weighted by molar-refractivity contribution is 0.596. The highest BCUT2D eigenvalue weighted by Crippen LogP contribution is 2.16. The molecule has 0 heterocycles. The highest BCUT2D eigenvalue weighted by atomic mass is 32.2. The van der Waals surface area contributed by atoms with Gasteiger partial charge in [-0.2, -0.15) is 25.6 Å². The minimum atomic E-state index is -3.99. The largest absolute Gasteiger partial charge is 0.282 e. The summed E-state index contributed by atoms with van der Waals surface area (Å²) in [5.74, 6) is 0. The summed E-state index contributed by atoms with van der Waals surface area (Å²) in [5.41, 5.74) is -0.0910. The summed E-state index contributed by atoms with van der Waals surface area (Å²) in [4.78, 5) is 0.0291. The molecule has 0 aliphatic heterocycles. The molecule has 0 saturated carbocycles. The zero-order valence-electron chi connectivity index (χ0n) is 13.4. The van der Waals surface area contributed by atoms with E-state index in [1.54, 1.807) is 48.6 Å². The Morgan fingerprint density at radius 1 is 0.538 bits per heavy atom. The maximum Gasteiger partial charge on any atom is 0.282 e. The van der Waals surface area contributed by atoms with Gasteiger partial charge in [-0.3, -0.25) is 0 Å². The lowest BCUT2D eigenvalue weighted by Gasteiger charge is -2.07. The minimum absolute atomic E-state index is 0.0146. The van der Waals surface area contributed by atoms with Gasteiger partial charge in [-0.05, 0) is 36.4 Å². The third-order valence-electron chi connectivity index (χ3n) is 3.40. The molecule has 0 atom stereocenters. The number of hydrogen-bond acceptors (Lipinski definition) is 4. The van der Waals surface area contributed by atoms with Gasteiger partial charge in [-0.25, -0.2) is 0 Å². The van der Waals surface area contributed by atoms with Gasteiger partial charge >= 0.3 is 0 Å². The molecule has 132 valence electrons. The molecule has 0 aromatic heterocycles. The molecule has 0 amide bonds. The van der Waals surface area contributed by atoms with Gasteiger partial charge in [0.1, 0.15) is 11.4 Å². The van der Waals surface area contributed by atoms with Gasteiger partial charge in [0, 0.05) is 0 Å². The van der Waals surface area contributed by atoms with Gasteiger partial charge in [-0.1, -0.05) is 48.6 Å². The summed E-state index contributed by atoms with van der Waals surface area (Å²) in [6.45, 7) is 0. The highest BCUT2D eigenvalue weighted by Gasteiger charge is 2.19. The van der Waals surface area contributed by atoms with Crippen molar-refractivity contribution in [3.8, 4) is 0 Å². The number of allylic oxidation sites excluding steroid dienone is 4. The molecular weight excluding hydrogens is 372 g/mol. The first-order valence-corrected chi connectivity index (χ1v) is 10.4. The van der Waals surface area contributed by atoms with Crippen molar-refractivity contribution < 1.29 is 16.8 Å². The first kappa shape index (κ1) is 18.0. The molecule has 1 aliphatic carbocycles. The Morgan fingerprint density at radius 2 is 0.885 bits per heavy atom. The summed E-state index contributed by atoms with van der Waals surface area (Å²) >= 11 is 0. The topological polar surface area (TPSA) is 93.0 Å². The van der Waals surface area contributed by atoms with Gasteiger partial charge in [-0.15, -0.1) is 0 Å². The Balaban J connectivity index is 2.05. The van der Waals surface area contributed by atoms with Crippen LogP contribution >= 0.6 is 0 Å². The number of hydrogen-bond donors (Lipinski definition) is 0. The molecule has 0 bridgehead atoms. The van der Waals surface area contributed by atoms with E-state index in [0.29, 0.717) is 0 Å². The molecule has 0 radical (unpaired) electrons. The number of nitrogens with zero attached hydrogens (tertiary/aromatic N) is 2. The molecular formula is C18H14N2O4S2. The summed E-state index contributed by atoms with van der Waals surface area (Å²) in [6, 6.07) is 15.4. The first-order valence-electron chi connectivity index (χ1n) is 7.54. The number of rotatable bonds is 4. The smallest absolute Gasteiger partial charge is 0.199 e. The van der Waals surface area contributed by atoms with Crippen LogP contribution in [-0.2, 0) is 20.0 Å². The Labute approximate surface area is 152 Å². The molecule has 0 saturated heterocycles. The maximum absolute atomic E-state index is 12.4. The number of sulfonamides is 2. The minimum Gasteiger partial charge on any atom is -0.199 e. The molecule has 3 rings (SSSR count). The fraction of sp³-hybridized carbons (Fsp3) is 0. The Morgan fingerprint density at radius 3 is 1.23 bits per heavy atom. The van der Waals surface area contributed by atoms with Crippen molar-refractivity contribution in [2.24, 2.45) is 8.80 Å². The van der Waals surface area contributed by atoms with Crippen LogP contribution in [0, 0.1) is 0 Å². The molecule has 1 aliphatic rings. The van der Waals surface area contributed by atoms with Crippen molar-refractivity contribution in [1.82, 2.24) is 0 Å². The summed E-state index contributed by atoms with van der Waals surface area (Å²) in [7, 11) is -7.97. The van der Waals surface area contributed by atoms with Crippen molar-refractivity contribution in [3.63, 3.8) is 0 Å². The van der Waals surface area contributed by atoms with E-state index >= 15 is 0 Å². The zero-order valence-corrected chi connectivity index (χ0v) is 15.1. The Kier molecular flexibility index (Phi) is 4.97. The Bertz CT molecular complexity index is 1040. The quantitative estimate of drug-likeness (QED) is 0.755. The van der Waals surface area contributed by atoms with E-state index in [9.17, 15) is 16.8 Å². The van der Waals surface area contributed by atoms with Crippen LogP contribution in [0.2, 0.25) is 0 Å². The molecule has 0 fully saturated rings. The van der Waals surface area contributed by atoms with Crippen molar-refractivity contribution >= 4 is 31.5 Å². The summed E-state index contributed by atoms with van der Waals surface area (Å²) in [5, 5.41) is 0. The van der Waals surface area contributed by atoms with Crippen molar-refractivity contribution in [2.45, 2.75) is 9.79 Å². The van der Waals surface area contributed by atoms with Crippen LogP contribution in [0.1, 0.15) is 0 Å². The summed E-state index contributed by atoms with van der Waals surface area (Å²) in [6.07, 6.45) is 5.93. The molecule has 6 nitrogen and oxygen atoms in total. The fourth-order valence-corrected chi connectivity index (χ4v) is 4.21. The van der Waals surface area contributed by atoms with E-state index in [4.69, 9.17) is 0 Å². The second-order valence-corrected chi connectivity index (χ2v) is 8.46. The molecule has 0 unspecified atom stereocenters. The SMILES string of the molecule is O=S(=O)(/N=C1\C=CC=C\C1=N/S(=O)(=O)c1ccccc1)c1ccccc1. The van der Waals surface area contributed by atoms with E-state index in [0.717, 1.165) is 0 Å². The first-order chi connectivity index (χ1) is 12.4. The van der Waals surface area contributed by atoms with Crippen LogP contribution in [0.5, 0.6) is 0 Å². The van der Waals surface area contributed by atoms with E-state index in [2.05, 4.69) is 8.80 Å². The average molecular weight is 386 g/mol. The third kappa shape index (κ3) is 4.04. The van der Waals surface area contributed by atoms with Crippen molar-refractivity contribution in [3.05, 3.63) is 85.0 Å². The van der Waals surface area contributed by atoms with Gasteiger partial charge in [0.25, 0.3) is 20.0 Å². The van der Waals surface area contributed by atoms with Crippen molar-refractivity contribution in [2.75, 3.05) is 0 Å². The van der Waals surface area contributed by atoms with Crippen LogP contribution in [0.3, 0.4) is 0 Å². The standard InChI is InChI=1S/C18H14N2O4S2/c21-25(22,15-9-3-1-4-10-15)19-17-13-7-8-14-18(17)20-26(23,24)16-11-5-2-6-12-16/h1-14H/b19-17+,20-18+. The normalized spacial score (nSPS) is 17.7. The predicted molar refractivity (Wildman–Crippen MR) is 100 cm³/mol. The van der Waals surface area contributed by atoms with Gasteiger partial charge in [0.05, 0.1) is 9.79 Å². The van der Waals surface area contributed by atoms with E-state index in [-0.39, 0.29) is 21.2 Å². The monoisotopic (exact) mass is 386 g/mol. The van der Waals surface area contributed by atoms with Crippen LogP contribution < -0.4 is 0 Å². The molecule has 2 aromatic carbocycles. The molecule has 8 heteroatoms.